The van der Waals surface area contributed by atoms with Crippen molar-refractivity contribution in [1.82, 2.24) is 9.62 Å². The lowest BCUT2D eigenvalue weighted by Crippen LogP contribution is -2.39. The topological polar surface area (TPSA) is 49.4 Å². The number of rotatable bonds is 11. The van der Waals surface area contributed by atoms with Crippen molar-refractivity contribution in [2.75, 3.05) is 13.6 Å². The minimum atomic E-state index is -3.75. The Morgan fingerprint density at radius 1 is 0.722 bits per heavy atom. The van der Waals surface area contributed by atoms with Crippen LogP contribution in [0.4, 0.5) is 0 Å². The molecular weight excluding hydrogens is 464 g/mol. The van der Waals surface area contributed by atoms with E-state index in [1.165, 1.54) is 5.56 Å². The monoisotopic (exact) mass is 498 g/mol. The molecule has 4 aromatic rings. The molecule has 0 amide bonds. The van der Waals surface area contributed by atoms with Crippen LogP contribution in [0.3, 0.4) is 0 Å². The van der Waals surface area contributed by atoms with E-state index in [2.05, 4.69) is 53.1 Å². The van der Waals surface area contributed by atoms with Gasteiger partial charge >= 0.3 is 0 Å². The van der Waals surface area contributed by atoms with E-state index in [1.54, 1.807) is 12.1 Å². The molecule has 0 saturated carbocycles. The van der Waals surface area contributed by atoms with Gasteiger partial charge in [-0.3, -0.25) is 4.90 Å². The molecule has 2 atom stereocenters. The lowest BCUT2D eigenvalue weighted by Gasteiger charge is -2.36. The molecule has 0 aliphatic rings. The molecule has 4 rings (SSSR count). The molecule has 0 aliphatic carbocycles. The van der Waals surface area contributed by atoms with Crippen LogP contribution < -0.4 is 4.72 Å². The molecule has 0 unspecified atom stereocenters. The third-order valence-corrected chi connectivity index (χ3v) is 7.98. The van der Waals surface area contributed by atoms with E-state index in [0.717, 1.165) is 36.1 Å². The smallest absolute Gasteiger partial charge is 0.241 e. The van der Waals surface area contributed by atoms with Crippen LogP contribution in [-0.4, -0.2) is 26.9 Å². The second-order valence-corrected chi connectivity index (χ2v) is 11.0. The zero-order chi connectivity index (χ0) is 25.4. The summed E-state index contributed by atoms with van der Waals surface area (Å²) in [6.07, 6.45) is 1.94. The molecule has 0 aromatic heterocycles. The van der Waals surface area contributed by atoms with Crippen LogP contribution in [0.1, 0.15) is 40.8 Å². The van der Waals surface area contributed by atoms with Crippen molar-refractivity contribution in [2.45, 2.75) is 36.7 Å². The normalized spacial score (nSPS) is 13.4. The first-order valence-electron chi connectivity index (χ1n) is 12.4. The number of aryl methyl sites for hydroxylation is 2. The predicted molar refractivity (Wildman–Crippen MR) is 147 cm³/mol. The van der Waals surface area contributed by atoms with Gasteiger partial charge in [0.1, 0.15) is 0 Å². The number of hydrogen-bond acceptors (Lipinski definition) is 3. The van der Waals surface area contributed by atoms with Crippen LogP contribution in [0.25, 0.3) is 0 Å². The SMILES string of the molecule is Cc1ccc(S(=O)(=O)N[C@H](c2ccccc2)[C@@H](c2ccccc2)N(C)CCCc2ccccc2)cc1. The van der Waals surface area contributed by atoms with Crippen molar-refractivity contribution in [3.63, 3.8) is 0 Å². The van der Waals surface area contributed by atoms with Crippen LogP contribution in [0, 0.1) is 6.92 Å². The van der Waals surface area contributed by atoms with Gasteiger partial charge in [0.25, 0.3) is 0 Å². The van der Waals surface area contributed by atoms with Crippen molar-refractivity contribution in [1.29, 1.82) is 0 Å². The first-order chi connectivity index (χ1) is 17.4. The first-order valence-corrected chi connectivity index (χ1v) is 13.9. The van der Waals surface area contributed by atoms with Gasteiger partial charge in [0.2, 0.25) is 10.0 Å². The number of nitrogens with one attached hydrogen (secondary N) is 1. The Hall–Kier alpha value is -3.25. The summed E-state index contributed by atoms with van der Waals surface area (Å²) in [4.78, 5) is 2.54. The Balaban J connectivity index is 1.67. The highest BCUT2D eigenvalue weighted by Gasteiger charge is 2.32. The van der Waals surface area contributed by atoms with Gasteiger partial charge in [0, 0.05) is 0 Å². The zero-order valence-electron chi connectivity index (χ0n) is 20.9. The van der Waals surface area contributed by atoms with Gasteiger partial charge in [0.15, 0.2) is 0 Å². The van der Waals surface area contributed by atoms with Crippen molar-refractivity contribution in [3.05, 3.63) is 138 Å². The summed E-state index contributed by atoms with van der Waals surface area (Å²) in [7, 11) is -1.67. The summed E-state index contributed by atoms with van der Waals surface area (Å²) in [5.74, 6) is 0. The molecule has 0 spiro atoms. The maximum absolute atomic E-state index is 13.6. The molecule has 0 saturated heterocycles. The molecule has 4 nitrogen and oxygen atoms in total. The lowest BCUT2D eigenvalue weighted by molar-refractivity contribution is 0.203. The Labute approximate surface area is 215 Å². The molecule has 0 heterocycles. The van der Waals surface area contributed by atoms with Gasteiger partial charge in [-0.15, -0.1) is 0 Å². The summed E-state index contributed by atoms with van der Waals surface area (Å²) in [5, 5.41) is 0. The van der Waals surface area contributed by atoms with Crippen molar-refractivity contribution < 1.29 is 8.42 Å². The fraction of sp³-hybridized carbons (Fsp3) is 0.226. The Morgan fingerprint density at radius 2 is 1.25 bits per heavy atom. The molecule has 0 fully saturated rings. The highest BCUT2D eigenvalue weighted by molar-refractivity contribution is 7.89. The number of nitrogens with zero attached hydrogens (tertiary/aromatic N) is 1. The van der Waals surface area contributed by atoms with Crippen LogP contribution in [-0.2, 0) is 16.4 Å². The van der Waals surface area contributed by atoms with E-state index >= 15 is 0 Å². The van der Waals surface area contributed by atoms with Gasteiger partial charge in [-0.1, -0.05) is 109 Å². The standard InChI is InChI=1S/C31H34N2O2S/c1-25-20-22-29(23-21-25)36(34,35)32-30(27-16-8-4-9-17-27)31(28-18-10-5-11-19-28)33(2)24-12-15-26-13-6-3-7-14-26/h3-11,13-14,16-23,30-32H,12,15,24H2,1-2H3/t30-,31-/m1/s1. The Morgan fingerprint density at radius 3 is 1.83 bits per heavy atom. The van der Waals surface area contributed by atoms with E-state index in [-0.39, 0.29) is 10.9 Å². The van der Waals surface area contributed by atoms with Gasteiger partial charge < -0.3 is 0 Å². The minimum Gasteiger partial charge on any atom is -0.297 e. The Kier molecular flexibility index (Phi) is 8.70. The van der Waals surface area contributed by atoms with Gasteiger partial charge in [-0.2, -0.15) is 0 Å². The number of likely N-dealkylation sites (N-methyl/N-ethyl adjacent to an activating group) is 1. The van der Waals surface area contributed by atoms with Gasteiger partial charge in [0.05, 0.1) is 17.0 Å². The van der Waals surface area contributed by atoms with E-state index in [0.29, 0.717) is 0 Å². The minimum absolute atomic E-state index is 0.190. The van der Waals surface area contributed by atoms with Crippen LogP contribution in [0.2, 0.25) is 0 Å². The maximum atomic E-state index is 13.6. The lowest BCUT2D eigenvalue weighted by atomic mass is 9.92. The van der Waals surface area contributed by atoms with E-state index in [4.69, 9.17) is 0 Å². The average molecular weight is 499 g/mol. The molecule has 36 heavy (non-hydrogen) atoms. The van der Waals surface area contributed by atoms with Crippen molar-refractivity contribution in [3.8, 4) is 0 Å². The third kappa shape index (κ3) is 6.70. The number of sulfonamides is 1. The van der Waals surface area contributed by atoms with Crippen molar-refractivity contribution >= 4 is 10.0 Å². The van der Waals surface area contributed by atoms with Crippen LogP contribution in [0.5, 0.6) is 0 Å². The molecular formula is C31H34N2O2S. The molecule has 5 heteroatoms. The predicted octanol–water partition coefficient (Wildman–Crippen LogP) is 6.32. The summed E-state index contributed by atoms with van der Waals surface area (Å²) < 4.78 is 30.2. The zero-order valence-corrected chi connectivity index (χ0v) is 21.7. The van der Waals surface area contributed by atoms with Crippen LogP contribution >= 0.6 is 0 Å². The van der Waals surface area contributed by atoms with Gasteiger partial charge in [-0.25, -0.2) is 13.1 Å². The molecule has 0 aliphatic heterocycles. The molecule has 4 aromatic carbocycles. The molecule has 1 N–H and O–H groups in total. The van der Waals surface area contributed by atoms with E-state index in [1.807, 2.05) is 73.7 Å². The molecule has 0 bridgehead atoms. The number of benzene rings is 4. The summed E-state index contributed by atoms with van der Waals surface area (Å²) in [6, 6.07) is 36.8. The summed E-state index contributed by atoms with van der Waals surface area (Å²) in [5.41, 5.74) is 4.33. The second-order valence-electron chi connectivity index (χ2n) is 9.25. The quantitative estimate of drug-likeness (QED) is 0.263. The maximum Gasteiger partial charge on any atom is 0.241 e. The molecule has 0 radical (unpaired) electrons. The van der Waals surface area contributed by atoms with E-state index < -0.39 is 16.1 Å². The Bertz CT molecular complexity index is 1310. The van der Waals surface area contributed by atoms with Crippen LogP contribution in [0.15, 0.2) is 120 Å². The highest BCUT2D eigenvalue weighted by Crippen LogP contribution is 2.35. The molecule has 186 valence electrons. The van der Waals surface area contributed by atoms with Gasteiger partial charge in [-0.05, 0) is 62.2 Å². The second kappa shape index (κ2) is 12.1. The third-order valence-electron chi connectivity index (χ3n) is 6.52. The largest absolute Gasteiger partial charge is 0.297 e. The summed E-state index contributed by atoms with van der Waals surface area (Å²) in [6.45, 7) is 2.77. The first kappa shape index (κ1) is 25.8. The average Bonchev–Trinajstić information content (AvgIpc) is 2.90. The van der Waals surface area contributed by atoms with E-state index in [9.17, 15) is 8.42 Å². The fourth-order valence-corrected chi connectivity index (χ4v) is 5.83. The number of hydrogen-bond donors (Lipinski definition) is 1. The van der Waals surface area contributed by atoms with Crippen molar-refractivity contribution in [2.24, 2.45) is 0 Å². The fourth-order valence-electron chi connectivity index (χ4n) is 4.60. The summed E-state index contributed by atoms with van der Waals surface area (Å²) >= 11 is 0. The highest BCUT2D eigenvalue weighted by atomic mass is 32.2.